The summed E-state index contributed by atoms with van der Waals surface area (Å²) < 4.78 is 18.4. The van der Waals surface area contributed by atoms with E-state index in [-0.39, 0.29) is 24.3 Å². The van der Waals surface area contributed by atoms with Crippen LogP contribution in [0.3, 0.4) is 0 Å². The van der Waals surface area contributed by atoms with Crippen LogP contribution in [0.2, 0.25) is 5.02 Å². The van der Waals surface area contributed by atoms with Gasteiger partial charge in [0.05, 0.1) is 35.6 Å². The van der Waals surface area contributed by atoms with E-state index in [1.807, 2.05) is 36.4 Å². The quantitative estimate of drug-likeness (QED) is 0.282. The van der Waals surface area contributed by atoms with Crippen LogP contribution in [0.15, 0.2) is 88.2 Å². The number of esters is 1. The number of halogens is 1. The monoisotopic (exact) mass is 585 g/mol. The number of thiazole rings is 1. The van der Waals surface area contributed by atoms with Gasteiger partial charge in [0.2, 0.25) is 0 Å². The summed E-state index contributed by atoms with van der Waals surface area (Å²) in [5.41, 5.74) is 2.27. The molecule has 1 aliphatic rings. The van der Waals surface area contributed by atoms with E-state index in [2.05, 4.69) is 0 Å². The zero-order chi connectivity index (χ0) is 28.9. The molecule has 0 N–H and O–H groups in total. The van der Waals surface area contributed by atoms with Crippen molar-refractivity contribution in [3.63, 3.8) is 0 Å². The molecule has 0 aliphatic carbocycles. The van der Waals surface area contributed by atoms with Crippen LogP contribution in [0.4, 0.5) is 0 Å². The van der Waals surface area contributed by atoms with Crippen molar-refractivity contribution >= 4 is 40.7 Å². The lowest BCUT2D eigenvalue weighted by Gasteiger charge is -2.25. The molecule has 10 heteroatoms. The highest BCUT2D eigenvalue weighted by atomic mass is 35.5. The second-order valence-electron chi connectivity index (χ2n) is 8.81. The maximum Gasteiger partial charge on any atom is 0.338 e. The summed E-state index contributed by atoms with van der Waals surface area (Å²) in [7, 11) is 1.50. The van der Waals surface area contributed by atoms with Crippen molar-refractivity contribution < 1.29 is 19.0 Å². The Morgan fingerprint density at radius 2 is 1.88 bits per heavy atom. The van der Waals surface area contributed by atoms with E-state index in [9.17, 15) is 9.59 Å². The molecule has 0 saturated heterocycles. The summed E-state index contributed by atoms with van der Waals surface area (Å²) in [5.74, 6) is 0.204. The van der Waals surface area contributed by atoms with Crippen molar-refractivity contribution in [3.05, 3.63) is 120 Å². The lowest BCUT2D eigenvalue weighted by atomic mass is 9.93. The molecule has 41 heavy (non-hydrogen) atoms. The molecule has 0 spiro atoms. The van der Waals surface area contributed by atoms with Gasteiger partial charge in [-0.05, 0) is 36.8 Å². The molecule has 0 fully saturated rings. The number of para-hydroxylation sites is 1. The molecule has 0 radical (unpaired) electrons. The van der Waals surface area contributed by atoms with Crippen molar-refractivity contribution in [3.8, 4) is 17.6 Å². The zero-order valence-electron chi connectivity index (χ0n) is 22.2. The number of methoxy groups -OCH3 is 1. The number of nitriles is 1. The molecule has 206 valence electrons. The van der Waals surface area contributed by atoms with E-state index >= 15 is 0 Å². The van der Waals surface area contributed by atoms with E-state index in [0.717, 1.165) is 0 Å². The Balaban J connectivity index is 1.81. The van der Waals surface area contributed by atoms with Crippen LogP contribution in [0.25, 0.3) is 11.8 Å². The van der Waals surface area contributed by atoms with E-state index in [1.54, 1.807) is 55.5 Å². The Labute approximate surface area is 244 Å². The number of hydrogen-bond acceptors (Lipinski definition) is 8. The van der Waals surface area contributed by atoms with Crippen LogP contribution in [0.1, 0.15) is 29.7 Å². The number of carbonyl (C=O) groups excluding carboxylic acids is 1. The summed E-state index contributed by atoms with van der Waals surface area (Å²) in [6.07, 6.45) is 1.67. The van der Waals surface area contributed by atoms with Crippen molar-refractivity contribution in [2.24, 2.45) is 4.99 Å². The molecule has 5 rings (SSSR count). The molecule has 4 aromatic rings. The van der Waals surface area contributed by atoms with Gasteiger partial charge in [-0.25, -0.2) is 9.79 Å². The van der Waals surface area contributed by atoms with Crippen LogP contribution in [-0.4, -0.2) is 30.9 Å². The fourth-order valence-electron chi connectivity index (χ4n) is 4.61. The maximum absolute atomic E-state index is 14.1. The molecule has 1 atom stereocenters. The maximum atomic E-state index is 14.1. The largest absolute Gasteiger partial charge is 0.493 e. The Morgan fingerprint density at radius 1 is 1.12 bits per heavy atom. The van der Waals surface area contributed by atoms with Crippen molar-refractivity contribution in [1.29, 1.82) is 5.26 Å². The van der Waals surface area contributed by atoms with Gasteiger partial charge in [0.25, 0.3) is 5.56 Å². The molecule has 8 nitrogen and oxygen atoms in total. The highest BCUT2D eigenvalue weighted by Crippen LogP contribution is 2.36. The van der Waals surface area contributed by atoms with E-state index in [4.69, 9.17) is 36.1 Å². The van der Waals surface area contributed by atoms with Gasteiger partial charge in [-0.3, -0.25) is 9.36 Å². The Kier molecular flexibility index (Phi) is 8.34. The number of nitrogens with zero attached hydrogens (tertiary/aromatic N) is 3. The first-order chi connectivity index (χ1) is 20.0. The van der Waals surface area contributed by atoms with Crippen molar-refractivity contribution in [1.82, 2.24) is 4.57 Å². The first-order valence-electron chi connectivity index (χ1n) is 12.7. The zero-order valence-corrected chi connectivity index (χ0v) is 23.7. The van der Waals surface area contributed by atoms with E-state index in [1.165, 1.54) is 23.0 Å². The molecule has 0 unspecified atom stereocenters. The molecule has 3 aromatic carbocycles. The molecular weight excluding hydrogens is 562 g/mol. The average Bonchev–Trinajstić information content (AvgIpc) is 3.30. The Bertz CT molecular complexity index is 1850. The average molecular weight is 586 g/mol. The van der Waals surface area contributed by atoms with Gasteiger partial charge in [-0.15, -0.1) is 0 Å². The number of fused-ring (bicyclic) bond motifs is 1. The minimum absolute atomic E-state index is 0.156. The van der Waals surface area contributed by atoms with Gasteiger partial charge in [-0.1, -0.05) is 77.5 Å². The minimum Gasteiger partial charge on any atom is -0.493 e. The second-order valence-corrected chi connectivity index (χ2v) is 10.3. The van der Waals surface area contributed by atoms with E-state index in [0.29, 0.717) is 48.2 Å². The number of carbonyl (C=O) groups is 1. The van der Waals surface area contributed by atoms with Gasteiger partial charge in [0, 0.05) is 16.1 Å². The third kappa shape index (κ3) is 5.53. The predicted molar refractivity (Wildman–Crippen MR) is 157 cm³/mol. The molecular formula is C31H24ClN3O5S. The summed E-state index contributed by atoms with van der Waals surface area (Å²) >= 11 is 7.37. The van der Waals surface area contributed by atoms with Gasteiger partial charge in [0.1, 0.15) is 6.07 Å². The van der Waals surface area contributed by atoms with Gasteiger partial charge in [0.15, 0.2) is 22.9 Å². The summed E-state index contributed by atoms with van der Waals surface area (Å²) in [6, 6.07) is 22.7. The summed E-state index contributed by atoms with van der Waals surface area (Å²) in [4.78, 5) is 32.8. The molecule has 0 bridgehead atoms. The Morgan fingerprint density at radius 3 is 2.56 bits per heavy atom. The topological polar surface area (TPSA) is 103 Å². The predicted octanol–water partition coefficient (Wildman–Crippen LogP) is 4.50. The van der Waals surface area contributed by atoms with Crippen LogP contribution < -0.4 is 24.4 Å². The van der Waals surface area contributed by atoms with Gasteiger partial charge < -0.3 is 14.2 Å². The standard InChI is InChI=1S/C31H24ClN3O5S/c1-3-39-30(37)25-26(19-8-5-4-6-9-19)34-31-35(27(25)20-12-14-22(32)15-13-20)29(36)24(41-31)18-21-10-7-11-23(38-2)28(21)40-17-16-33/h4-15,18,27H,3,17H2,1-2H3/b24-18-/t27-/m0/s1. The number of aromatic nitrogens is 1. The molecule has 0 amide bonds. The van der Waals surface area contributed by atoms with Crippen LogP contribution in [-0.2, 0) is 9.53 Å². The Hall–Kier alpha value is -4.65. The first kappa shape index (κ1) is 27.9. The lowest BCUT2D eigenvalue weighted by molar-refractivity contribution is -0.138. The number of ether oxygens (including phenoxy) is 3. The number of hydrogen-bond donors (Lipinski definition) is 0. The fraction of sp³-hybridized carbons (Fsp3) is 0.161. The van der Waals surface area contributed by atoms with Crippen molar-refractivity contribution in [2.45, 2.75) is 13.0 Å². The highest BCUT2D eigenvalue weighted by Gasteiger charge is 2.35. The third-order valence-corrected chi connectivity index (χ3v) is 7.59. The molecule has 1 aliphatic heterocycles. The summed E-state index contributed by atoms with van der Waals surface area (Å²) in [6.45, 7) is 1.69. The first-order valence-corrected chi connectivity index (χ1v) is 13.9. The normalized spacial score (nSPS) is 14.6. The van der Waals surface area contributed by atoms with E-state index < -0.39 is 12.0 Å². The van der Waals surface area contributed by atoms with Crippen LogP contribution >= 0.6 is 22.9 Å². The van der Waals surface area contributed by atoms with Gasteiger partial charge in [-0.2, -0.15) is 5.26 Å². The summed E-state index contributed by atoms with van der Waals surface area (Å²) in [5, 5.41) is 9.59. The van der Waals surface area contributed by atoms with Gasteiger partial charge >= 0.3 is 5.97 Å². The second kappa shape index (κ2) is 12.3. The number of benzene rings is 3. The highest BCUT2D eigenvalue weighted by molar-refractivity contribution is 7.07. The van der Waals surface area contributed by atoms with Crippen molar-refractivity contribution in [2.75, 3.05) is 20.3 Å². The minimum atomic E-state index is -0.820. The number of rotatable bonds is 8. The molecule has 0 saturated carbocycles. The lowest BCUT2D eigenvalue weighted by Crippen LogP contribution is -2.40. The SMILES string of the molecule is CCOC(=O)C1=C(c2ccccc2)N=c2s/c(=C\c3cccc(OC)c3OCC#N)c(=O)n2[C@H]1c1ccc(Cl)cc1. The van der Waals surface area contributed by atoms with Crippen LogP contribution in [0, 0.1) is 11.3 Å². The smallest absolute Gasteiger partial charge is 0.338 e. The fourth-order valence-corrected chi connectivity index (χ4v) is 5.73. The molecule has 2 heterocycles. The van der Waals surface area contributed by atoms with Crippen LogP contribution in [0.5, 0.6) is 11.5 Å². The molecule has 1 aromatic heterocycles. The third-order valence-electron chi connectivity index (χ3n) is 6.36.